The molecular formula is C19H29N3O. The summed E-state index contributed by atoms with van der Waals surface area (Å²) in [4.78, 5) is 12.4. The maximum absolute atomic E-state index is 12.4. The smallest absolute Gasteiger partial charge is 0.251 e. The summed E-state index contributed by atoms with van der Waals surface area (Å²) in [5, 5.41) is 3.05. The first-order valence-corrected chi connectivity index (χ1v) is 8.25. The summed E-state index contributed by atoms with van der Waals surface area (Å²) in [7, 11) is 0. The zero-order valence-corrected chi connectivity index (χ0v) is 14.0. The van der Waals surface area contributed by atoms with E-state index in [1.807, 2.05) is 18.2 Å². The van der Waals surface area contributed by atoms with Gasteiger partial charge in [0.2, 0.25) is 0 Å². The van der Waals surface area contributed by atoms with Gasteiger partial charge in [-0.15, -0.1) is 0 Å². The van der Waals surface area contributed by atoms with Gasteiger partial charge in [0, 0.05) is 24.2 Å². The molecule has 23 heavy (non-hydrogen) atoms. The molecule has 1 amide bonds. The molecule has 2 atom stereocenters. The van der Waals surface area contributed by atoms with Gasteiger partial charge in [0.05, 0.1) is 0 Å². The van der Waals surface area contributed by atoms with Crippen molar-refractivity contribution < 1.29 is 4.79 Å². The molecule has 0 unspecified atom stereocenters. The topological polar surface area (TPSA) is 81.1 Å². The summed E-state index contributed by atoms with van der Waals surface area (Å²) in [6.45, 7) is 6.11. The molecule has 0 heterocycles. The van der Waals surface area contributed by atoms with Crippen LogP contribution in [-0.4, -0.2) is 24.5 Å². The van der Waals surface area contributed by atoms with Gasteiger partial charge in [-0.3, -0.25) is 4.79 Å². The number of hydrogen-bond donors (Lipinski definition) is 3. The van der Waals surface area contributed by atoms with E-state index in [2.05, 4.69) is 31.0 Å². The first kappa shape index (κ1) is 19.1. The van der Waals surface area contributed by atoms with E-state index in [4.69, 9.17) is 11.5 Å². The molecule has 1 aromatic rings. The van der Waals surface area contributed by atoms with E-state index in [1.54, 1.807) is 6.08 Å². The third kappa shape index (κ3) is 6.80. The molecule has 0 aliphatic heterocycles. The molecule has 0 spiro atoms. The third-order valence-corrected chi connectivity index (χ3v) is 3.84. The van der Waals surface area contributed by atoms with E-state index < -0.39 is 0 Å². The van der Waals surface area contributed by atoms with Gasteiger partial charge in [0.25, 0.3) is 5.91 Å². The zero-order valence-electron chi connectivity index (χ0n) is 14.0. The summed E-state index contributed by atoms with van der Waals surface area (Å²) in [6, 6.07) is 9.88. The molecule has 1 rings (SSSR count). The summed E-state index contributed by atoms with van der Waals surface area (Å²) in [6.07, 6.45) is 6.93. The van der Waals surface area contributed by atoms with Crippen LogP contribution in [0.3, 0.4) is 0 Å². The Morgan fingerprint density at radius 1 is 1.35 bits per heavy atom. The molecule has 0 saturated heterocycles. The van der Waals surface area contributed by atoms with Gasteiger partial charge in [0.1, 0.15) is 0 Å². The number of carbonyl (C=O) groups is 1. The second-order valence-corrected chi connectivity index (χ2v) is 5.68. The van der Waals surface area contributed by atoms with E-state index in [9.17, 15) is 4.79 Å². The molecule has 0 fully saturated rings. The molecule has 4 nitrogen and oxygen atoms in total. The average molecular weight is 315 g/mol. The Hall–Kier alpha value is -1.91. The molecule has 126 valence electrons. The van der Waals surface area contributed by atoms with Crippen molar-refractivity contribution in [2.75, 3.05) is 6.54 Å². The van der Waals surface area contributed by atoms with Crippen molar-refractivity contribution >= 4 is 5.91 Å². The highest BCUT2D eigenvalue weighted by molar-refractivity contribution is 5.96. The Morgan fingerprint density at radius 2 is 2.04 bits per heavy atom. The molecule has 0 aromatic heterocycles. The third-order valence-electron chi connectivity index (χ3n) is 3.84. The van der Waals surface area contributed by atoms with Crippen molar-refractivity contribution in [1.29, 1.82) is 0 Å². The fraction of sp³-hybridized carbons (Fsp3) is 0.421. The first-order valence-electron chi connectivity index (χ1n) is 8.25. The van der Waals surface area contributed by atoms with E-state index in [0.29, 0.717) is 18.5 Å². The highest BCUT2D eigenvalue weighted by Gasteiger charge is 2.21. The SMILES string of the molecule is C=C/C(=C\CN)C(=O)N[C@@H](Cc1ccccc1)[C@@H](N)CCCC. The summed E-state index contributed by atoms with van der Waals surface area (Å²) in [5.74, 6) is -0.168. The van der Waals surface area contributed by atoms with Crippen molar-refractivity contribution in [1.82, 2.24) is 5.32 Å². The number of unbranched alkanes of at least 4 members (excludes halogenated alkanes) is 1. The van der Waals surface area contributed by atoms with Crippen LogP contribution in [0.4, 0.5) is 0 Å². The fourth-order valence-corrected chi connectivity index (χ4v) is 2.47. The number of nitrogens with two attached hydrogens (primary N) is 2. The second-order valence-electron chi connectivity index (χ2n) is 5.68. The predicted molar refractivity (Wildman–Crippen MR) is 96.9 cm³/mol. The lowest BCUT2D eigenvalue weighted by Gasteiger charge is -2.25. The monoisotopic (exact) mass is 315 g/mol. The molecule has 5 N–H and O–H groups in total. The summed E-state index contributed by atoms with van der Waals surface area (Å²) in [5.41, 5.74) is 13.5. The number of carbonyl (C=O) groups excluding carboxylic acids is 1. The van der Waals surface area contributed by atoms with Crippen LogP contribution in [-0.2, 0) is 11.2 Å². The minimum Gasteiger partial charge on any atom is -0.347 e. The van der Waals surface area contributed by atoms with Crippen LogP contribution in [0.1, 0.15) is 31.7 Å². The zero-order chi connectivity index (χ0) is 17.1. The van der Waals surface area contributed by atoms with Crippen LogP contribution >= 0.6 is 0 Å². The minimum atomic E-state index is -0.168. The van der Waals surface area contributed by atoms with Crippen LogP contribution < -0.4 is 16.8 Å². The van der Waals surface area contributed by atoms with Crippen molar-refractivity contribution in [2.45, 2.75) is 44.7 Å². The van der Waals surface area contributed by atoms with Crippen LogP contribution in [0.15, 0.2) is 54.6 Å². The Balaban J connectivity index is 2.83. The molecule has 0 saturated carbocycles. The first-order chi connectivity index (χ1) is 11.1. The number of amides is 1. The minimum absolute atomic E-state index is 0.0805. The quantitative estimate of drug-likeness (QED) is 0.458. The lowest BCUT2D eigenvalue weighted by molar-refractivity contribution is -0.118. The second kappa shape index (κ2) is 10.8. The molecule has 1 aromatic carbocycles. The number of hydrogen-bond acceptors (Lipinski definition) is 3. The largest absolute Gasteiger partial charge is 0.347 e. The van der Waals surface area contributed by atoms with Crippen LogP contribution in [0.5, 0.6) is 0 Å². The Bertz CT molecular complexity index is 511. The average Bonchev–Trinajstić information content (AvgIpc) is 2.57. The van der Waals surface area contributed by atoms with E-state index >= 15 is 0 Å². The van der Waals surface area contributed by atoms with Gasteiger partial charge in [-0.2, -0.15) is 0 Å². The van der Waals surface area contributed by atoms with Gasteiger partial charge in [0.15, 0.2) is 0 Å². The van der Waals surface area contributed by atoms with Crippen LogP contribution in [0.2, 0.25) is 0 Å². The summed E-state index contributed by atoms with van der Waals surface area (Å²) >= 11 is 0. The maximum atomic E-state index is 12.4. The van der Waals surface area contributed by atoms with Gasteiger partial charge in [-0.25, -0.2) is 0 Å². The highest BCUT2D eigenvalue weighted by Crippen LogP contribution is 2.11. The van der Waals surface area contributed by atoms with Gasteiger partial charge in [-0.05, 0) is 18.4 Å². The van der Waals surface area contributed by atoms with Gasteiger partial charge < -0.3 is 16.8 Å². The van der Waals surface area contributed by atoms with Crippen molar-refractivity contribution in [2.24, 2.45) is 11.5 Å². The molecule has 0 radical (unpaired) electrons. The van der Waals surface area contributed by atoms with E-state index in [0.717, 1.165) is 24.8 Å². The lowest BCUT2D eigenvalue weighted by Crippen LogP contribution is -2.49. The standard InChI is InChI=1S/C19H29N3O/c1-3-5-11-17(21)18(14-15-9-7-6-8-10-15)22-19(23)16(4-2)12-13-20/h4,6-10,12,17-18H,2-3,5,11,13-14,20-21H2,1H3,(H,22,23)/b16-12+/t17-,18-/m0/s1. The molecule has 4 heteroatoms. The number of nitrogens with one attached hydrogen (secondary N) is 1. The van der Waals surface area contributed by atoms with Crippen LogP contribution in [0, 0.1) is 0 Å². The van der Waals surface area contributed by atoms with Gasteiger partial charge in [-0.1, -0.05) is 68.8 Å². The van der Waals surface area contributed by atoms with E-state index in [1.165, 1.54) is 6.08 Å². The summed E-state index contributed by atoms with van der Waals surface area (Å²) < 4.78 is 0. The number of rotatable bonds is 10. The molecule has 0 bridgehead atoms. The maximum Gasteiger partial charge on any atom is 0.251 e. The normalized spacial score (nSPS) is 14.1. The van der Waals surface area contributed by atoms with Crippen molar-refractivity contribution in [3.63, 3.8) is 0 Å². The van der Waals surface area contributed by atoms with Crippen molar-refractivity contribution in [3.8, 4) is 0 Å². The molecular weight excluding hydrogens is 286 g/mol. The van der Waals surface area contributed by atoms with Crippen LogP contribution in [0.25, 0.3) is 0 Å². The Morgan fingerprint density at radius 3 is 2.61 bits per heavy atom. The fourth-order valence-electron chi connectivity index (χ4n) is 2.47. The lowest BCUT2D eigenvalue weighted by atomic mass is 9.95. The van der Waals surface area contributed by atoms with Crippen molar-refractivity contribution in [3.05, 3.63) is 60.2 Å². The predicted octanol–water partition coefficient (Wildman–Crippen LogP) is 2.30. The molecule has 0 aliphatic rings. The van der Waals surface area contributed by atoms with E-state index in [-0.39, 0.29) is 18.0 Å². The molecule has 0 aliphatic carbocycles. The highest BCUT2D eigenvalue weighted by atomic mass is 16.1. The Kier molecular flexibility index (Phi) is 8.95. The number of benzene rings is 1. The Labute approximate surface area is 139 Å². The van der Waals surface area contributed by atoms with Gasteiger partial charge >= 0.3 is 0 Å².